The molecule has 0 aromatic carbocycles. The van der Waals surface area contributed by atoms with E-state index in [2.05, 4.69) is 15.5 Å². The van der Waals surface area contributed by atoms with Crippen molar-refractivity contribution < 1.29 is 14.7 Å². The molecule has 2 heterocycles. The van der Waals surface area contributed by atoms with E-state index in [-0.39, 0.29) is 5.91 Å². The number of fused-ring (bicyclic) bond motifs is 1. The van der Waals surface area contributed by atoms with Gasteiger partial charge in [-0.2, -0.15) is 10.2 Å². The zero-order valence-corrected chi connectivity index (χ0v) is 13.8. The number of rotatable bonds is 5. The molecule has 128 valence electrons. The van der Waals surface area contributed by atoms with E-state index in [1.54, 1.807) is 10.9 Å². The van der Waals surface area contributed by atoms with Crippen molar-refractivity contribution in [2.24, 2.45) is 18.9 Å². The second kappa shape index (κ2) is 6.46. The molecule has 2 N–H and O–H groups in total. The molecule has 0 saturated heterocycles. The van der Waals surface area contributed by atoms with Crippen molar-refractivity contribution in [2.75, 3.05) is 6.54 Å². The highest BCUT2D eigenvalue weighted by Crippen LogP contribution is 2.26. The van der Waals surface area contributed by atoms with Gasteiger partial charge in [0.15, 0.2) is 0 Å². The van der Waals surface area contributed by atoms with Gasteiger partial charge >= 0.3 is 5.97 Å². The second-order valence-corrected chi connectivity index (χ2v) is 6.10. The molecule has 0 bridgehead atoms. The number of nitrogens with zero attached hydrogens (tertiary/aromatic N) is 4. The summed E-state index contributed by atoms with van der Waals surface area (Å²) < 4.78 is 3.59. The number of nitrogens with one attached hydrogen (secondary N) is 1. The van der Waals surface area contributed by atoms with Crippen LogP contribution in [0.4, 0.5) is 0 Å². The van der Waals surface area contributed by atoms with Gasteiger partial charge in [-0.3, -0.25) is 19.0 Å². The van der Waals surface area contributed by atoms with Crippen molar-refractivity contribution >= 4 is 22.9 Å². The highest BCUT2D eigenvalue weighted by Gasteiger charge is 2.33. The van der Waals surface area contributed by atoms with Crippen LogP contribution in [0.25, 0.3) is 11.0 Å². The van der Waals surface area contributed by atoms with Crippen LogP contribution in [0.1, 0.15) is 18.5 Å². The molecule has 1 aliphatic rings. The number of carboxylic acids is 1. The zero-order chi connectivity index (χ0) is 17.3. The molecule has 2 aromatic heterocycles. The summed E-state index contributed by atoms with van der Waals surface area (Å²) in [4.78, 5) is 23.6. The molecule has 0 fully saturated rings. The SMILES string of the molecule is Cc1nn(C)c2cnn(CCNC(=O)[C@@H]3CC=CC[C@H]3C(=O)O)c12. The van der Waals surface area contributed by atoms with Gasteiger partial charge in [-0.15, -0.1) is 0 Å². The lowest BCUT2D eigenvalue weighted by Gasteiger charge is -2.24. The Kier molecular flexibility index (Phi) is 4.37. The number of carboxylic acid groups (broad SMARTS) is 1. The standard InChI is InChI=1S/C16H21N5O3/c1-10-14-13(20(2)19-10)9-18-21(14)8-7-17-15(22)11-5-3-4-6-12(11)16(23)24/h3-4,9,11-12H,5-8H2,1-2H3,(H,17,22)(H,23,24)/t11-,12-/m1/s1. The summed E-state index contributed by atoms with van der Waals surface area (Å²) in [6, 6.07) is 0. The fourth-order valence-electron chi connectivity index (χ4n) is 3.27. The molecular weight excluding hydrogens is 310 g/mol. The summed E-state index contributed by atoms with van der Waals surface area (Å²) in [6.07, 6.45) is 6.33. The number of allylic oxidation sites excluding steroid dienone is 2. The average Bonchev–Trinajstić information content (AvgIpc) is 3.10. The van der Waals surface area contributed by atoms with E-state index >= 15 is 0 Å². The van der Waals surface area contributed by atoms with Gasteiger partial charge in [0.05, 0.1) is 30.3 Å². The van der Waals surface area contributed by atoms with Crippen LogP contribution < -0.4 is 5.32 Å². The van der Waals surface area contributed by atoms with E-state index < -0.39 is 17.8 Å². The van der Waals surface area contributed by atoms with Gasteiger partial charge in [0.1, 0.15) is 11.0 Å². The first-order valence-corrected chi connectivity index (χ1v) is 7.99. The van der Waals surface area contributed by atoms with Gasteiger partial charge in [0, 0.05) is 13.6 Å². The van der Waals surface area contributed by atoms with Crippen LogP contribution >= 0.6 is 0 Å². The Hall–Kier alpha value is -2.64. The predicted molar refractivity (Wildman–Crippen MR) is 87.2 cm³/mol. The number of hydrogen-bond donors (Lipinski definition) is 2. The van der Waals surface area contributed by atoms with E-state index in [4.69, 9.17) is 0 Å². The summed E-state index contributed by atoms with van der Waals surface area (Å²) in [7, 11) is 1.87. The lowest BCUT2D eigenvalue weighted by Crippen LogP contribution is -2.39. The fourth-order valence-corrected chi connectivity index (χ4v) is 3.27. The Balaban J connectivity index is 1.62. The Labute approximate surface area is 139 Å². The minimum absolute atomic E-state index is 0.210. The molecule has 2 atom stereocenters. The van der Waals surface area contributed by atoms with Gasteiger partial charge in [0.25, 0.3) is 0 Å². The topological polar surface area (TPSA) is 102 Å². The number of hydrogen-bond acceptors (Lipinski definition) is 4. The third-order valence-corrected chi connectivity index (χ3v) is 4.52. The molecule has 2 aromatic rings. The van der Waals surface area contributed by atoms with E-state index in [9.17, 15) is 14.7 Å². The molecule has 0 radical (unpaired) electrons. The third kappa shape index (κ3) is 2.91. The third-order valence-electron chi connectivity index (χ3n) is 4.52. The quantitative estimate of drug-likeness (QED) is 0.791. The maximum atomic E-state index is 12.3. The van der Waals surface area contributed by atoms with Crippen LogP contribution in [0.5, 0.6) is 0 Å². The zero-order valence-electron chi connectivity index (χ0n) is 13.8. The molecular formula is C16H21N5O3. The number of amides is 1. The Bertz CT molecular complexity index is 804. The number of aryl methyl sites for hydroxylation is 2. The first kappa shape index (κ1) is 16.2. The average molecular weight is 331 g/mol. The Morgan fingerprint density at radius 2 is 2.04 bits per heavy atom. The van der Waals surface area contributed by atoms with E-state index in [1.807, 2.05) is 30.8 Å². The fraction of sp³-hybridized carbons (Fsp3) is 0.500. The molecule has 0 saturated carbocycles. The van der Waals surface area contributed by atoms with Crippen molar-refractivity contribution in [3.8, 4) is 0 Å². The molecule has 3 rings (SSSR count). The molecule has 1 amide bonds. The Morgan fingerprint density at radius 3 is 2.75 bits per heavy atom. The molecule has 0 unspecified atom stereocenters. The van der Waals surface area contributed by atoms with E-state index in [0.29, 0.717) is 25.9 Å². The van der Waals surface area contributed by atoms with E-state index in [1.165, 1.54) is 0 Å². The highest BCUT2D eigenvalue weighted by molar-refractivity contribution is 5.85. The largest absolute Gasteiger partial charge is 0.481 e. The number of carbonyl (C=O) groups is 2. The van der Waals surface area contributed by atoms with Crippen LogP contribution in [-0.2, 0) is 23.2 Å². The summed E-state index contributed by atoms with van der Waals surface area (Å²) in [5, 5.41) is 20.8. The molecule has 0 aliphatic heterocycles. The summed E-state index contributed by atoms with van der Waals surface area (Å²) in [5.74, 6) is -2.28. The van der Waals surface area contributed by atoms with Gasteiger partial charge < -0.3 is 10.4 Å². The van der Waals surface area contributed by atoms with Crippen LogP contribution in [0.15, 0.2) is 18.3 Å². The van der Waals surface area contributed by atoms with Crippen LogP contribution in [0.3, 0.4) is 0 Å². The maximum absolute atomic E-state index is 12.3. The highest BCUT2D eigenvalue weighted by atomic mass is 16.4. The monoisotopic (exact) mass is 331 g/mol. The van der Waals surface area contributed by atoms with Crippen molar-refractivity contribution in [1.29, 1.82) is 0 Å². The maximum Gasteiger partial charge on any atom is 0.307 e. The normalized spacial score (nSPS) is 20.4. The summed E-state index contributed by atoms with van der Waals surface area (Å²) in [6.45, 7) is 2.84. The summed E-state index contributed by atoms with van der Waals surface area (Å²) >= 11 is 0. The lowest BCUT2D eigenvalue weighted by molar-refractivity contribution is -0.147. The smallest absolute Gasteiger partial charge is 0.307 e. The van der Waals surface area contributed by atoms with Gasteiger partial charge in [-0.05, 0) is 19.8 Å². The molecule has 8 heteroatoms. The molecule has 0 spiro atoms. The summed E-state index contributed by atoms with van der Waals surface area (Å²) in [5.41, 5.74) is 2.79. The molecule has 24 heavy (non-hydrogen) atoms. The van der Waals surface area contributed by atoms with Crippen molar-refractivity contribution in [1.82, 2.24) is 24.9 Å². The number of aliphatic carboxylic acids is 1. The van der Waals surface area contributed by atoms with Gasteiger partial charge in [-0.25, -0.2) is 0 Å². The van der Waals surface area contributed by atoms with Crippen LogP contribution in [0, 0.1) is 18.8 Å². The molecule has 8 nitrogen and oxygen atoms in total. The van der Waals surface area contributed by atoms with Gasteiger partial charge in [0.2, 0.25) is 5.91 Å². The first-order valence-electron chi connectivity index (χ1n) is 7.99. The van der Waals surface area contributed by atoms with Crippen molar-refractivity contribution in [3.63, 3.8) is 0 Å². The lowest BCUT2D eigenvalue weighted by atomic mass is 9.82. The van der Waals surface area contributed by atoms with Crippen LogP contribution in [-0.4, -0.2) is 43.1 Å². The minimum atomic E-state index is -0.917. The van der Waals surface area contributed by atoms with E-state index in [0.717, 1.165) is 16.7 Å². The Morgan fingerprint density at radius 1 is 1.33 bits per heavy atom. The molecule has 1 aliphatic carbocycles. The van der Waals surface area contributed by atoms with Crippen LogP contribution in [0.2, 0.25) is 0 Å². The second-order valence-electron chi connectivity index (χ2n) is 6.10. The van der Waals surface area contributed by atoms with Crippen molar-refractivity contribution in [2.45, 2.75) is 26.3 Å². The first-order chi connectivity index (χ1) is 11.5. The number of carbonyl (C=O) groups excluding carboxylic acids is 1. The van der Waals surface area contributed by atoms with Crippen molar-refractivity contribution in [3.05, 3.63) is 24.0 Å². The predicted octanol–water partition coefficient (Wildman–Crippen LogP) is 0.861. The van der Waals surface area contributed by atoms with Gasteiger partial charge in [-0.1, -0.05) is 12.2 Å². The number of aromatic nitrogens is 4. The minimum Gasteiger partial charge on any atom is -0.481 e.